The molecule has 1 aliphatic rings. The first-order valence-corrected chi connectivity index (χ1v) is 9.92. The predicted molar refractivity (Wildman–Crippen MR) is 104 cm³/mol. The third-order valence-corrected chi connectivity index (χ3v) is 5.99. The van der Waals surface area contributed by atoms with Crippen LogP contribution in [0.25, 0.3) is 10.2 Å². The van der Waals surface area contributed by atoms with Crippen LogP contribution in [0.2, 0.25) is 0 Å². The van der Waals surface area contributed by atoms with E-state index in [2.05, 4.69) is 0 Å². The third-order valence-electron chi connectivity index (χ3n) is 4.79. The number of esters is 1. The normalized spacial score (nSPS) is 16.9. The predicted octanol–water partition coefficient (Wildman–Crippen LogP) is 2.49. The molecule has 0 aliphatic carbocycles. The second-order valence-electron chi connectivity index (χ2n) is 6.69. The summed E-state index contributed by atoms with van der Waals surface area (Å²) in [4.78, 5) is 31.0. The number of carbonyl (C=O) groups excluding carboxylic acids is 2. The van der Waals surface area contributed by atoms with E-state index in [9.17, 15) is 14.8 Å². The van der Waals surface area contributed by atoms with Gasteiger partial charge in [0.2, 0.25) is 0 Å². The number of aromatic nitrogens is 2. The molecule has 0 spiro atoms. The van der Waals surface area contributed by atoms with E-state index in [0.717, 1.165) is 28.1 Å². The van der Waals surface area contributed by atoms with Crippen LogP contribution in [0, 0.1) is 5.21 Å². The van der Waals surface area contributed by atoms with Crippen LogP contribution < -0.4 is 4.73 Å². The lowest BCUT2D eigenvalue weighted by molar-refractivity contribution is -0.608. The molecular weight excluding hydrogens is 378 g/mol. The lowest BCUT2D eigenvalue weighted by Gasteiger charge is -2.31. The third kappa shape index (κ3) is 3.82. The first kappa shape index (κ1) is 18.4. The fourth-order valence-electron chi connectivity index (χ4n) is 3.35. The molecular formula is C20H19N3O4S. The van der Waals surface area contributed by atoms with Crippen LogP contribution in [0.15, 0.2) is 48.7 Å². The molecule has 8 heteroatoms. The summed E-state index contributed by atoms with van der Waals surface area (Å²) in [5.41, 5.74) is 0.843. The average molecular weight is 397 g/mol. The summed E-state index contributed by atoms with van der Waals surface area (Å²) < 4.78 is 6.62. The number of rotatable bonds is 4. The van der Waals surface area contributed by atoms with Crippen molar-refractivity contribution >= 4 is 33.4 Å². The number of carbonyl (C=O) groups is 2. The molecule has 0 unspecified atom stereocenters. The highest BCUT2D eigenvalue weighted by atomic mass is 32.1. The maximum absolute atomic E-state index is 12.5. The fourth-order valence-corrected chi connectivity index (χ4v) is 4.44. The Kier molecular flexibility index (Phi) is 5.21. The number of para-hydroxylation sites is 1. The molecule has 1 aliphatic heterocycles. The molecule has 4 rings (SSSR count). The van der Waals surface area contributed by atoms with Gasteiger partial charge in [-0.05, 0) is 31.0 Å². The molecule has 1 saturated heterocycles. The maximum Gasteiger partial charge on any atom is 0.405 e. The molecule has 0 saturated carbocycles. The quantitative estimate of drug-likeness (QED) is 0.384. The number of hydrogen-bond acceptors (Lipinski definition) is 6. The Morgan fingerprint density at radius 2 is 2.07 bits per heavy atom. The number of hydrogen-bond donors (Lipinski definition) is 0. The molecule has 1 aromatic carbocycles. The Morgan fingerprint density at radius 1 is 1.25 bits per heavy atom. The van der Waals surface area contributed by atoms with Gasteiger partial charge in [-0.15, -0.1) is 11.3 Å². The summed E-state index contributed by atoms with van der Waals surface area (Å²) in [6.07, 6.45) is 3.06. The van der Waals surface area contributed by atoms with Crippen LogP contribution in [0.5, 0.6) is 0 Å². The van der Waals surface area contributed by atoms with Crippen molar-refractivity contribution in [3.05, 3.63) is 64.6 Å². The number of pyridine rings is 1. The van der Waals surface area contributed by atoms with Crippen LogP contribution in [-0.2, 0) is 9.53 Å². The number of likely N-dealkylation sites (tertiary alicyclic amines) is 1. The zero-order valence-electron chi connectivity index (χ0n) is 15.1. The van der Waals surface area contributed by atoms with Crippen LogP contribution in [-0.4, -0.2) is 41.5 Å². The van der Waals surface area contributed by atoms with Gasteiger partial charge in [0, 0.05) is 31.1 Å². The number of amides is 1. The first-order chi connectivity index (χ1) is 13.6. The van der Waals surface area contributed by atoms with Crippen molar-refractivity contribution in [2.24, 2.45) is 0 Å². The molecule has 1 fully saturated rings. The Hall–Kier alpha value is -3.00. The van der Waals surface area contributed by atoms with E-state index in [1.807, 2.05) is 24.3 Å². The van der Waals surface area contributed by atoms with Crippen molar-refractivity contribution in [3.8, 4) is 0 Å². The molecule has 3 heterocycles. The molecule has 1 atom stereocenters. The van der Waals surface area contributed by atoms with Gasteiger partial charge in [0.25, 0.3) is 5.91 Å². The molecule has 7 nitrogen and oxygen atoms in total. The molecule has 144 valence electrons. The molecule has 0 N–H and O–H groups in total. The summed E-state index contributed by atoms with van der Waals surface area (Å²) in [5, 5.41) is 12.6. The largest absolute Gasteiger partial charge is 0.618 e. The van der Waals surface area contributed by atoms with Crippen LogP contribution in [0.3, 0.4) is 0 Å². The van der Waals surface area contributed by atoms with Crippen LogP contribution >= 0.6 is 11.3 Å². The zero-order valence-corrected chi connectivity index (χ0v) is 15.9. The standard InChI is InChI=1S/C20H19N3O4S/c24-18(13-27-20(25)16-8-3-4-11-23(16)26)22-10-5-6-14(12-22)19-21-15-7-1-2-9-17(15)28-19/h1-4,7-9,11,14H,5-6,10,12-13H2/t14-/m0/s1. The average Bonchev–Trinajstić information content (AvgIpc) is 3.16. The van der Waals surface area contributed by atoms with Gasteiger partial charge in [-0.3, -0.25) is 4.79 Å². The van der Waals surface area contributed by atoms with E-state index in [4.69, 9.17) is 9.72 Å². The Labute approximate surface area is 165 Å². The summed E-state index contributed by atoms with van der Waals surface area (Å²) in [5.74, 6) is -0.875. The molecule has 3 aromatic rings. The summed E-state index contributed by atoms with van der Waals surface area (Å²) in [6, 6.07) is 12.5. The van der Waals surface area contributed by atoms with Gasteiger partial charge in [-0.2, -0.15) is 4.73 Å². The second-order valence-corrected chi connectivity index (χ2v) is 7.75. The lowest BCUT2D eigenvalue weighted by atomic mass is 9.99. The van der Waals surface area contributed by atoms with E-state index < -0.39 is 5.97 Å². The van der Waals surface area contributed by atoms with E-state index in [1.165, 1.54) is 18.3 Å². The number of nitrogens with zero attached hydrogens (tertiary/aromatic N) is 3. The number of thiazole rings is 1. The van der Waals surface area contributed by atoms with Crippen molar-refractivity contribution in [1.82, 2.24) is 9.88 Å². The minimum atomic E-state index is -0.802. The molecule has 1 amide bonds. The van der Waals surface area contributed by atoms with E-state index in [-0.39, 0.29) is 24.1 Å². The van der Waals surface area contributed by atoms with Crippen molar-refractivity contribution < 1.29 is 19.1 Å². The minimum Gasteiger partial charge on any atom is -0.618 e. The van der Waals surface area contributed by atoms with Gasteiger partial charge in [0.05, 0.1) is 15.2 Å². The summed E-state index contributed by atoms with van der Waals surface area (Å²) in [6.45, 7) is 0.814. The summed E-state index contributed by atoms with van der Waals surface area (Å²) >= 11 is 1.66. The van der Waals surface area contributed by atoms with Crippen molar-refractivity contribution in [2.75, 3.05) is 19.7 Å². The van der Waals surface area contributed by atoms with Gasteiger partial charge >= 0.3 is 11.7 Å². The Morgan fingerprint density at radius 3 is 2.89 bits per heavy atom. The molecule has 0 bridgehead atoms. The maximum atomic E-state index is 12.5. The second kappa shape index (κ2) is 7.93. The summed E-state index contributed by atoms with van der Waals surface area (Å²) in [7, 11) is 0. The van der Waals surface area contributed by atoms with Crippen molar-refractivity contribution in [1.29, 1.82) is 0 Å². The van der Waals surface area contributed by atoms with Crippen LogP contribution in [0.1, 0.15) is 34.3 Å². The van der Waals surface area contributed by atoms with Crippen molar-refractivity contribution in [3.63, 3.8) is 0 Å². The van der Waals surface area contributed by atoms with E-state index >= 15 is 0 Å². The van der Waals surface area contributed by atoms with E-state index in [0.29, 0.717) is 17.8 Å². The minimum absolute atomic E-state index is 0.138. The zero-order chi connectivity index (χ0) is 19.5. The Balaban J connectivity index is 1.38. The number of piperidine rings is 1. The fraction of sp³-hybridized carbons (Fsp3) is 0.300. The SMILES string of the molecule is O=C(OCC(=O)N1CCC[C@H](c2nc3ccccc3s2)C1)c1cccc[n+]1[O-]. The number of ether oxygens (including phenoxy) is 1. The molecule has 2 aromatic heterocycles. The topological polar surface area (TPSA) is 86.4 Å². The van der Waals surface area contributed by atoms with Gasteiger partial charge < -0.3 is 14.8 Å². The van der Waals surface area contributed by atoms with Gasteiger partial charge in [-0.1, -0.05) is 12.1 Å². The van der Waals surface area contributed by atoms with Gasteiger partial charge in [-0.25, -0.2) is 9.78 Å². The highest BCUT2D eigenvalue weighted by Gasteiger charge is 2.28. The van der Waals surface area contributed by atoms with Crippen molar-refractivity contribution in [2.45, 2.75) is 18.8 Å². The monoisotopic (exact) mass is 397 g/mol. The molecule has 0 radical (unpaired) electrons. The number of fused-ring (bicyclic) bond motifs is 1. The highest BCUT2D eigenvalue weighted by molar-refractivity contribution is 7.18. The first-order valence-electron chi connectivity index (χ1n) is 9.10. The van der Waals surface area contributed by atoms with Crippen LogP contribution in [0.4, 0.5) is 0 Å². The molecule has 28 heavy (non-hydrogen) atoms. The van der Waals surface area contributed by atoms with Gasteiger partial charge in [0.15, 0.2) is 12.8 Å². The van der Waals surface area contributed by atoms with Gasteiger partial charge in [0.1, 0.15) is 0 Å². The highest BCUT2D eigenvalue weighted by Crippen LogP contribution is 2.32. The van der Waals surface area contributed by atoms with E-state index in [1.54, 1.807) is 22.3 Å². The number of benzene rings is 1. The smallest absolute Gasteiger partial charge is 0.405 e. The Bertz CT molecular complexity index is 986. The lowest BCUT2D eigenvalue weighted by Crippen LogP contribution is -2.42.